The zero-order chi connectivity index (χ0) is 35.4. The largest absolute Gasteiger partial charge is 1.00 e. The Kier molecular flexibility index (Phi) is 23.1. The SMILES string of the molecule is CCCCCCCCCCCCCCCC[N+](C)(C)C.C[C@H](CCC(=O)[O-])[C@H]1CCC2C3CC[C@@H]4C[C@H](O)CC[C@]4(C)C3C[C@H](O)[C@@]21C.[Br-].[Na+]. The summed E-state index contributed by atoms with van der Waals surface area (Å²) in [6, 6.07) is 0. The first-order valence-corrected chi connectivity index (χ1v) is 21.1. The number of nitrogens with zero attached hydrogens (tertiary/aromatic N) is 1. The van der Waals surface area contributed by atoms with Crippen LogP contribution in [0.3, 0.4) is 0 Å². The molecule has 0 aliphatic heterocycles. The minimum Gasteiger partial charge on any atom is -1.00 e. The maximum Gasteiger partial charge on any atom is 1.00 e. The summed E-state index contributed by atoms with van der Waals surface area (Å²) in [5, 5.41) is 32.6. The predicted octanol–water partition coefficient (Wildman–Crippen LogP) is 3.33. The van der Waals surface area contributed by atoms with Crippen LogP contribution in [0.2, 0.25) is 0 Å². The fraction of sp³-hybridized carbons (Fsp3) is 0.977. The zero-order valence-corrected chi connectivity index (χ0v) is 37.9. The molecule has 3 unspecified atom stereocenters. The van der Waals surface area contributed by atoms with E-state index in [-0.39, 0.29) is 76.0 Å². The summed E-state index contributed by atoms with van der Waals surface area (Å²) in [5.41, 5.74) is 0.188. The smallest absolute Gasteiger partial charge is 1.00 e. The van der Waals surface area contributed by atoms with Gasteiger partial charge in [-0.2, -0.15) is 0 Å². The van der Waals surface area contributed by atoms with Gasteiger partial charge in [0.05, 0.1) is 39.9 Å². The summed E-state index contributed by atoms with van der Waals surface area (Å²) in [6.07, 6.45) is 29.3. The average molecular weight is 779 g/mol. The monoisotopic (exact) mass is 778 g/mol. The number of carbonyl (C=O) groups excluding carboxylic acids is 1. The standard InChI is InChI=1S/C24H40O4.C19H42N.BrH.Na/c1-14(4-9-22(27)28)18-7-8-19-17-6-5-15-12-16(25)10-11-23(15,2)20(17)13-21(26)24(18,19)3;1-5-6-7-8-9-10-11-12-13-14-15-16-17-18-19-20(2,3)4;;/h14-21,25-26H,4-13H2,1-3H3,(H,27,28);5-19H2,1-4H3;1H;/q;+1;;+1/p-2/t14-,15-,16-,17?,18-,19?,20?,21+,23+,24-;;;/m1.../s1. The van der Waals surface area contributed by atoms with Crippen molar-refractivity contribution in [1.29, 1.82) is 0 Å². The molecule has 10 atom stereocenters. The maximum absolute atomic E-state index is 11.5. The third-order valence-corrected chi connectivity index (χ3v) is 14.5. The number of aliphatic hydroxyl groups excluding tert-OH is 2. The maximum atomic E-state index is 11.5. The van der Waals surface area contributed by atoms with E-state index in [1.807, 2.05) is 0 Å². The summed E-state index contributed by atoms with van der Waals surface area (Å²) in [5.74, 6) is 2.19. The van der Waals surface area contributed by atoms with Gasteiger partial charge in [0.2, 0.25) is 0 Å². The van der Waals surface area contributed by atoms with E-state index in [9.17, 15) is 20.1 Å². The Balaban J connectivity index is 0.000000511. The van der Waals surface area contributed by atoms with Crippen molar-refractivity contribution >= 4 is 5.97 Å². The molecule has 0 aromatic heterocycles. The molecule has 4 aliphatic carbocycles. The summed E-state index contributed by atoms with van der Waals surface area (Å²) in [6.45, 7) is 10.6. The van der Waals surface area contributed by atoms with Crippen LogP contribution in [-0.4, -0.2) is 60.6 Å². The Labute approximate surface area is 342 Å². The van der Waals surface area contributed by atoms with Gasteiger partial charge in [-0.3, -0.25) is 0 Å². The summed E-state index contributed by atoms with van der Waals surface area (Å²) >= 11 is 0. The summed E-state index contributed by atoms with van der Waals surface area (Å²) in [7, 11) is 6.88. The van der Waals surface area contributed by atoms with Crippen LogP contribution >= 0.6 is 0 Å². The molecule has 4 aliphatic rings. The van der Waals surface area contributed by atoms with E-state index in [2.05, 4.69) is 48.8 Å². The number of unbranched alkanes of at least 4 members (excludes halogenated alkanes) is 13. The summed E-state index contributed by atoms with van der Waals surface area (Å²) < 4.78 is 1.12. The number of rotatable bonds is 19. The molecular formula is C43H81BrNNaO4. The van der Waals surface area contributed by atoms with E-state index in [1.54, 1.807) is 0 Å². The molecule has 4 saturated carbocycles. The first-order chi connectivity index (χ1) is 22.7. The van der Waals surface area contributed by atoms with Crippen molar-refractivity contribution in [3.8, 4) is 0 Å². The molecule has 7 heteroatoms. The van der Waals surface area contributed by atoms with Crippen LogP contribution in [0, 0.1) is 46.3 Å². The van der Waals surface area contributed by atoms with E-state index in [0.29, 0.717) is 41.9 Å². The van der Waals surface area contributed by atoms with Crippen molar-refractivity contribution in [3.05, 3.63) is 0 Å². The molecule has 50 heavy (non-hydrogen) atoms. The van der Waals surface area contributed by atoms with Crippen LogP contribution in [-0.2, 0) is 4.79 Å². The average Bonchev–Trinajstić information content (AvgIpc) is 3.39. The molecule has 5 nitrogen and oxygen atoms in total. The number of carbonyl (C=O) groups is 1. The fourth-order valence-corrected chi connectivity index (χ4v) is 11.5. The predicted molar refractivity (Wildman–Crippen MR) is 199 cm³/mol. The number of quaternary nitrogens is 1. The molecule has 0 bridgehead atoms. The number of aliphatic hydroxyl groups is 2. The van der Waals surface area contributed by atoms with Gasteiger partial charge in [0, 0.05) is 5.97 Å². The number of halogens is 1. The number of hydrogen-bond donors (Lipinski definition) is 2. The van der Waals surface area contributed by atoms with Crippen molar-refractivity contribution < 1.29 is 71.1 Å². The fourth-order valence-electron chi connectivity index (χ4n) is 11.5. The van der Waals surface area contributed by atoms with Crippen molar-refractivity contribution in [2.24, 2.45) is 46.3 Å². The first kappa shape index (κ1) is 48.8. The first-order valence-electron chi connectivity index (χ1n) is 21.1. The molecule has 2 N–H and O–H groups in total. The van der Waals surface area contributed by atoms with Crippen LogP contribution in [0.1, 0.15) is 182 Å². The molecule has 0 aromatic rings. The molecule has 0 saturated heterocycles. The van der Waals surface area contributed by atoms with Crippen molar-refractivity contribution in [2.45, 2.75) is 194 Å². The second-order valence-electron chi connectivity index (χ2n) is 18.9. The molecule has 4 fully saturated rings. The molecule has 0 heterocycles. The van der Waals surface area contributed by atoms with Crippen molar-refractivity contribution in [3.63, 3.8) is 0 Å². The molecule has 0 radical (unpaired) electrons. The van der Waals surface area contributed by atoms with Gasteiger partial charge < -0.3 is 41.6 Å². The minimum atomic E-state index is -0.957. The minimum absolute atomic E-state index is 0. The zero-order valence-electron chi connectivity index (χ0n) is 34.3. The summed E-state index contributed by atoms with van der Waals surface area (Å²) in [4.78, 5) is 10.9. The topological polar surface area (TPSA) is 80.6 Å². The van der Waals surface area contributed by atoms with Gasteiger partial charge in [0.25, 0.3) is 0 Å². The van der Waals surface area contributed by atoms with Crippen molar-refractivity contribution in [2.75, 3.05) is 27.7 Å². The van der Waals surface area contributed by atoms with Gasteiger partial charge in [-0.25, -0.2) is 0 Å². The Bertz CT molecular complexity index is 931. The van der Waals surface area contributed by atoms with Crippen LogP contribution in [0.25, 0.3) is 0 Å². The van der Waals surface area contributed by atoms with Crippen LogP contribution in [0.5, 0.6) is 0 Å². The van der Waals surface area contributed by atoms with Gasteiger partial charge in [-0.15, -0.1) is 0 Å². The normalized spacial score (nSPS) is 33.7. The second kappa shape index (κ2) is 23.7. The second-order valence-corrected chi connectivity index (χ2v) is 18.9. The number of fused-ring (bicyclic) bond motifs is 5. The van der Waals surface area contributed by atoms with Crippen molar-refractivity contribution in [1.82, 2.24) is 0 Å². The van der Waals surface area contributed by atoms with E-state index in [0.717, 1.165) is 36.6 Å². The molecule has 0 spiro atoms. The van der Waals surface area contributed by atoms with Gasteiger partial charge in [-0.05, 0) is 123 Å². The van der Waals surface area contributed by atoms with E-state index in [4.69, 9.17) is 0 Å². The van der Waals surface area contributed by atoms with E-state index in [1.165, 1.54) is 116 Å². The van der Waals surface area contributed by atoms with Gasteiger partial charge >= 0.3 is 29.6 Å². The molecule has 290 valence electrons. The van der Waals surface area contributed by atoms with Crippen LogP contribution in [0.4, 0.5) is 0 Å². The third kappa shape index (κ3) is 14.2. The number of aliphatic carboxylic acids is 1. The Morgan fingerprint density at radius 3 is 1.84 bits per heavy atom. The van der Waals surface area contributed by atoms with Gasteiger partial charge in [-0.1, -0.05) is 105 Å². The number of hydrogen-bond acceptors (Lipinski definition) is 4. The Hall–Kier alpha value is 0.830. The van der Waals surface area contributed by atoms with E-state index >= 15 is 0 Å². The number of carboxylic acid groups (broad SMARTS) is 1. The third-order valence-electron chi connectivity index (χ3n) is 14.5. The Morgan fingerprint density at radius 1 is 0.780 bits per heavy atom. The van der Waals surface area contributed by atoms with E-state index < -0.39 is 5.97 Å². The van der Waals surface area contributed by atoms with Crippen LogP contribution < -0.4 is 51.6 Å². The molecule has 4 rings (SSSR count). The van der Waals surface area contributed by atoms with Crippen LogP contribution in [0.15, 0.2) is 0 Å². The molecular weight excluding hydrogens is 697 g/mol. The van der Waals surface area contributed by atoms with Gasteiger partial charge in [0.1, 0.15) is 0 Å². The Morgan fingerprint density at radius 2 is 1.32 bits per heavy atom. The number of carboxylic acids is 1. The van der Waals surface area contributed by atoms with Gasteiger partial charge in [0.15, 0.2) is 0 Å². The molecule has 0 amide bonds. The quantitative estimate of drug-likeness (QED) is 0.120. The molecule has 0 aromatic carbocycles.